The van der Waals surface area contributed by atoms with Gasteiger partial charge in [0.05, 0.1) is 22.8 Å². The van der Waals surface area contributed by atoms with E-state index in [0.717, 1.165) is 22.5 Å². The van der Waals surface area contributed by atoms with E-state index >= 15 is 0 Å². The van der Waals surface area contributed by atoms with Crippen LogP contribution in [0.25, 0.3) is 11.4 Å². The van der Waals surface area contributed by atoms with Crippen molar-refractivity contribution in [2.45, 2.75) is 27.7 Å². The Morgan fingerprint density at radius 3 is 2.35 bits per heavy atom. The van der Waals surface area contributed by atoms with Crippen LogP contribution in [0.15, 0.2) is 53.3 Å². The quantitative estimate of drug-likeness (QED) is 0.553. The van der Waals surface area contributed by atoms with Gasteiger partial charge in [-0.25, -0.2) is 4.68 Å². The molecule has 0 saturated heterocycles. The smallest absolute Gasteiger partial charge is 0.295 e. The lowest BCUT2D eigenvalue weighted by atomic mass is 10.1. The van der Waals surface area contributed by atoms with Crippen molar-refractivity contribution in [1.82, 2.24) is 24.4 Å². The molecule has 0 atom stereocenters. The minimum absolute atomic E-state index is 0.175. The molecule has 2 heterocycles. The van der Waals surface area contributed by atoms with Crippen LogP contribution in [0.4, 0.5) is 5.69 Å². The predicted octanol–water partition coefficient (Wildman–Crippen LogP) is 3.24. The van der Waals surface area contributed by atoms with Gasteiger partial charge in [0.1, 0.15) is 5.69 Å². The summed E-state index contributed by atoms with van der Waals surface area (Å²) in [6.45, 7) is 7.50. The number of nitrogens with zero attached hydrogens (tertiary/aromatic N) is 5. The molecule has 0 aliphatic rings. The number of aromatic nitrogens is 5. The highest BCUT2D eigenvalue weighted by atomic mass is 16.2. The molecule has 31 heavy (non-hydrogen) atoms. The molecule has 0 saturated carbocycles. The number of aryl methyl sites for hydroxylation is 3. The summed E-state index contributed by atoms with van der Waals surface area (Å²) < 4.78 is 3.23. The summed E-state index contributed by atoms with van der Waals surface area (Å²) in [5.74, 6) is -0.473. The summed E-state index contributed by atoms with van der Waals surface area (Å²) in [6, 6.07) is 15.2. The molecule has 0 unspecified atom stereocenters. The second-order valence-corrected chi connectivity index (χ2v) is 7.60. The zero-order chi connectivity index (χ0) is 22.3. The van der Waals surface area contributed by atoms with Crippen LogP contribution in [0.5, 0.6) is 0 Å². The second-order valence-electron chi connectivity index (χ2n) is 7.60. The standard InChI is InChI=1S/C23H24N6O2/c1-14-11-12-19(15(2)13-14)29-25-16(3)20(26-29)22(30)24-21-17(4)27(5)28(23(21)31)18-9-7-6-8-10-18/h6-13H,1-5H3,(H,24,30). The Bertz CT molecular complexity index is 1340. The van der Waals surface area contributed by atoms with E-state index in [0.29, 0.717) is 11.4 Å². The van der Waals surface area contributed by atoms with Gasteiger partial charge in [-0.1, -0.05) is 35.9 Å². The van der Waals surface area contributed by atoms with E-state index in [1.54, 1.807) is 25.6 Å². The molecule has 0 aliphatic carbocycles. The van der Waals surface area contributed by atoms with E-state index in [1.807, 2.05) is 62.4 Å². The van der Waals surface area contributed by atoms with Gasteiger partial charge in [-0.3, -0.25) is 14.3 Å². The van der Waals surface area contributed by atoms with E-state index in [9.17, 15) is 9.59 Å². The van der Waals surface area contributed by atoms with Gasteiger partial charge in [0, 0.05) is 7.05 Å². The predicted molar refractivity (Wildman–Crippen MR) is 119 cm³/mol. The van der Waals surface area contributed by atoms with Crippen LogP contribution in [-0.4, -0.2) is 30.3 Å². The number of hydrogen-bond donors (Lipinski definition) is 1. The van der Waals surface area contributed by atoms with Crippen molar-refractivity contribution in [2.24, 2.45) is 7.05 Å². The largest absolute Gasteiger partial charge is 0.314 e. The molecule has 2 aromatic heterocycles. The minimum atomic E-state index is -0.473. The second kappa shape index (κ2) is 7.71. The van der Waals surface area contributed by atoms with Crippen LogP contribution in [-0.2, 0) is 7.05 Å². The van der Waals surface area contributed by atoms with Crippen LogP contribution >= 0.6 is 0 Å². The number of amides is 1. The third kappa shape index (κ3) is 3.56. The molecule has 0 fully saturated rings. The fourth-order valence-corrected chi connectivity index (χ4v) is 3.61. The van der Waals surface area contributed by atoms with Gasteiger partial charge in [0.2, 0.25) is 0 Å². The van der Waals surface area contributed by atoms with Crippen molar-refractivity contribution in [3.05, 3.63) is 87.1 Å². The van der Waals surface area contributed by atoms with Crippen LogP contribution in [0.1, 0.15) is 33.0 Å². The lowest BCUT2D eigenvalue weighted by molar-refractivity contribution is 0.102. The van der Waals surface area contributed by atoms with Crippen LogP contribution in [0, 0.1) is 27.7 Å². The van der Waals surface area contributed by atoms with Gasteiger partial charge in [0.15, 0.2) is 5.69 Å². The van der Waals surface area contributed by atoms with Crippen molar-refractivity contribution in [2.75, 3.05) is 5.32 Å². The maximum atomic E-state index is 13.1. The maximum Gasteiger partial charge on any atom is 0.295 e. The Kier molecular flexibility index (Phi) is 5.06. The zero-order valence-corrected chi connectivity index (χ0v) is 18.2. The molecule has 4 rings (SSSR count). The Balaban J connectivity index is 1.69. The molecule has 0 aliphatic heterocycles. The fourth-order valence-electron chi connectivity index (χ4n) is 3.61. The van der Waals surface area contributed by atoms with Gasteiger partial charge in [-0.15, -0.1) is 5.10 Å². The first kappa shape index (κ1) is 20.3. The average Bonchev–Trinajstić information content (AvgIpc) is 3.21. The fraction of sp³-hybridized carbons (Fsp3) is 0.217. The van der Waals surface area contributed by atoms with Crippen LogP contribution in [0.2, 0.25) is 0 Å². The molecule has 1 amide bonds. The van der Waals surface area contributed by atoms with Crippen LogP contribution in [0.3, 0.4) is 0 Å². The minimum Gasteiger partial charge on any atom is -0.314 e. The maximum absolute atomic E-state index is 13.1. The first-order chi connectivity index (χ1) is 14.8. The van der Waals surface area contributed by atoms with Crippen molar-refractivity contribution < 1.29 is 4.79 Å². The molecule has 0 radical (unpaired) electrons. The van der Waals surface area contributed by atoms with Crippen molar-refractivity contribution in [3.63, 3.8) is 0 Å². The average molecular weight is 416 g/mol. The number of nitrogens with one attached hydrogen (secondary N) is 1. The van der Waals surface area contributed by atoms with Gasteiger partial charge < -0.3 is 5.32 Å². The number of benzene rings is 2. The Labute approximate surface area is 179 Å². The molecule has 8 heteroatoms. The lowest BCUT2D eigenvalue weighted by Crippen LogP contribution is -2.23. The first-order valence-corrected chi connectivity index (χ1v) is 9.95. The SMILES string of the molecule is Cc1ccc(-n2nc(C)c(C(=O)Nc3c(C)n(C)n(-c4ccccc4)c3=O)n2)c(C)c1. The summed E-state index contributed by atoms with van der Waals surface area (Å²) >= 11 is 0. The Hall–Kier alpha value is -3.94. The lowest BCUT2D eigenvalue weighted by Gasteiger charge is -2.07. The number of carbonyl (C=O) groups is 1. The highest BCUT2D eigenvalue weighted by Crippen LogP contribution is 2.18. The molecule has 0 spiro atoms. The van der Waals surface area contributed by atoms with Crippen LogP contribution < -0.4 is 10.9 Å². The summed E-state index contributed by atoms with van der Waals surface area (Å²) in [5.41, 5.74) is 4.87. The zero-order valence-electron chi connectivity index (χ0n) is 18.2. The molecule has 1 N–H and O–H groups in total. The van der Waals surface area contributed by atoms with E-state index in [1.165, 1.54) is 9.48 Å². The normalized spacial score (nSPS) is 11.0. The number of rotatable bonds is 4. The monoisotopic (exact) mass is 416 g/mol. The Morgan fingerprint density at radius 2 is 1.68 bits per heavy atom. The van der Waals surface area contributed by atoms with Gasteiger partial charge in [-0.2, -0.15) is 9.90 Å². The molecule has 8 nitrogen and oxygen atoms in total. The molecule has 158 valence electrons. The molecular weight excluding hydrogens is 392 g/mol. The third-order valence-electron chi connectivity index (χ3n) is 5.36. The first-order valence-electron chi connectivity index (χ1n) is 9.95. The number of anilines is 1. The van der Waals surface area contributed by atoms with Gasteiger partial charge in [0.25, 0.3) is 11.5 Å². The van der Waals surface area contributed by atoms with Gasteiger partial charge in [-0.05, 0) is 51.5 Å². The molecular formula is C23H24N6O2. The van der Waals surface area contributed by atoms with E-state index in [-0.39, 0.29) is 16.9 Å². The summed E-state index contributed by atoms with van der Waals surface area (Å²) in [5, 5.41) is 11.5. The van der Waals surface area contributed by atoms with E-state index in [4.69, 9.17) is 0 Å². The number of carbonyl (C=O) groups excluding carboxylic acids is 1. The Morgan fingerprint density at radius 1 is 0.968 bits per heavy atom. The summed E-state index contributed by atoms with van der Waals surface area (Å²) in [4.78, 5) is 27.5. The van der Waals surface area contributed by atoms with Gasteiger partial charge >= 0.3 is 0 Å². The highest BCUT2D eigenvalue weighted by molar-refractivity contribution is 6.03. The third-order valence-corrected chi connectivity index (χ3v) is 5.36. The number of para-hydroxylation sites is 1. The van der Waals surface area contributed by atoms with Crippen molar-refractivity contribution in [1.29, 1.82) is 0 Å². The molecule has 2 aromatic carbocycles. The highest BCUT2D eigenvalue weighted by Gasteiger charge is 2.22. The summed E-state index contributed by atoms with van der Waals surface area (Å²) in [7, 11) is 1.78. The van der Waals surface area contributed by atoms with E-state index < -0.39 is 5.91 Å². The number of hydrogen-bond acceptors (Lipinski definition) is 4. The van der Waals surface area contributed by atoms with Crippen molar-refractivity contribution in [3.8, 4) is 11.4 Å². The topological polar surface area (TPSA) is 86.7 Å². The molecule has 0 bridgehead atoms. The summed E-state index contributed by atoms with van der Waals surface area (Å²) in [6.07, 6.45) is 0. The molecule has 4 aromatic rings. The van der Waals surface area contributed by atoms with Crippen molar-refractivity contribution >= 4 is 11.6 Å². The van der Waals surface area contributed by atoms with E-state index in [2.05, 4.69) is 15.5 Å².